The lowest BCUT2D eigenvalue weighted by Crippen LogP contribution is -2.24. The van der Waals surface area contributed by atoms with Gasteiger partial charge in [-0.15, -0.1) is 0 Å². The van der Waals surface area contributed by atoms with Crippen molar-refractivity contribution in [2.45, 2.75) is 25.2 Å². The van der Waals surface area contributed by atoms with Crippen LogP contribution in [0.5, 0.6) is 0 Å². The standard InChI is InChI=1S/C27H25N/c1-27(2)24-14-8-6-13-22(24)23-17-16-20(18-25(23)27)28-26-15-9-7-12-21(26)19-10-4-3-5-11-19/h3-18,22,24,28H,1-2H3. The lowest BCUT2D eigenvalue weighted by molar-refractivity contribution is 0.394. The number of allylic oxidation sites excluding steroid dienone is 4. The number of benzene rings is 3. The first-order valence-corrected chi connectivity index (χ1v) is 10.1. The molecule has 0 aromatic heterocycles. The number of fused-ring (bicyclic) bond motifs is 3. The Morgan fingerprint density at radius 3 is 2.39 bits per heavy atom. The molecule has 0 heterocycles. The first-order valence-electron chi connectivity index (χ1n) is 10.1. The van der Waals surface area contributed by atoms with E-state index < -0.39 is 0 Å². The van der Waals surface area contributed by atoms with Gasteiger partial charge in [0.15, 0.2) is 0 Å². The van der Waals surface area contributed by atoms with E-state index in [0.29, 0.717) is 11.8 Å². The molecule has 28 heavy (non-hydrogen) atoms. The van der Waals surface area contributed by atoms with Crippen molar-refractivity contribution in [2.24, 2.45) is 5.92 Å². The molecule has 1 nitrogen and oxygen atoms in total. The van der Waals surface area contributed by atoms with Gasteiger partial charge >= 0.3 is 0 Å². The van der Waals surface area contributed by atoms with Crippen molar-refractivity contribution in [1.82, 2.24) is 0 Å². The van der Waals surface area contributed by atoms with E-state index in [1.165, 1.54) is 22.3 Å². The Hall–Kier alpha value is -3.06. The third-order valence-electron chi connectivity index (χ3n) is 6.37. The van der Waals surface area contributed by atoms with Crippen LogP contribution in [0.15, 0.2) is 97.1 Å². The Morgan fingerprint density at radius 1 is 0.786 bits per heavy atom. The molecule has 138 valence electrons. The fraction of sp³-hybridized carbons (Fsp3) is 0.185. The number of para-hydroxylation sites is 1. The Labute approximate surface area is 167 Å². The summed E-state index contributed by atoms with van der Waals surface area (Å²) in [6, 6.07) is 26.0. The second-order valence-electron chi connectivity index (χ2n) is 8.38. The highest BCUT2D eigenvalue weighted by Gasteiger charge is 2.44. The van der Waals surface area contributed by atoms with Crippen molar-refractivity contribution in [3.63, 3.8) is 0 Å². The maximum atomic E-state index is 3.68. The summed E-state index contributed by atoms with van der Waals surface area (Å²) < 4.78 is 0. The van der Waals surface area contributed by atoms with Crippen LogP contribution in [-0.2, 0) is 5.41 Å². The fourth-order valence-corrected chi connectivity index (χ4v) is 4.87. The van der Waals surface area contributed by atoms with Crippen LogP contribution in [0.1, 0.15) is 30.9 Å². The number of rotatable bonds is 3. The molecule has 0 bridgehead atoms. The molecule has 1 heteroatoms. The predicted octanol–water partition coefficient (Wildman–Crippen LogP) is 7.21. The second kappa shape index (κ2) is 6.53. The summed E-state index contributed by atoms with van der Waals surface area (Å²) in [6.07, 6.45) is 9.12. The van der Waals surface area contributed by atoms with Gasteiger partial charge in [-0.05, 0) is 46.2 Å². The molecule has 2 atom stereocenters. The number of anilines is 2. The van der Waals surface area contributed by atoms with Gasteiger partial charge in [-0.1, -0.05) is 92.7 Å². The number of hydrogen-bond acceptors (Lipinski definition) is 1. The topological polar surface area (TPSA) is 12.0 Å². The molecule has 0 spiro atoms. The maximum absolute atomic E-state index is 3.68. The molecule has 0 fully saturated rings. The minimum absolute atomic E-state index is 0.137. The van der Waals surface area contributed by atoms with Crippen LogP contribution in [0.4, 0.5) is 11.4 Å². The van der Waals surface area contributed by atoms with Crippen LogP contribution in [0.25, 0.3) is 11.1 Å². The molecule has 3 aromatic carbocycles. The van der Waals surface area contributed by atoms with E-state index in [4.69, 9.17) is 0 Å². The zero-order valence-corrected chi connectivity index (χ0v) is 16.4. The maximum Gasteiger partial charge on any atom is 0.0463 e. The van der Waals surface area contributed by atoms with Crippen molar-refractivity contribution in [3.8, 4) is 11.1 Å². The number of nitrogens with one attached hydrogen (secondary N) is 1. The van der Waals surface area contributed by atoms with E-state index in [9.17, 15) is 0 Å². The molecule has 5 rings (SSSR count). The minimum Gasteiger partial charge on any atom is -0.355 e. The van der Waals surface area contributed by atoms with Gasteiger partial charge in [0, 0.05) is 22.9 Å². The van der Waals surface area contributed by atoms with Crippen molar-refractivity contribution >= 4 is 11.4 Å². The lowest BCUT2D eigenvalue weighted by Gasteiger charge is -2.29. The zero-order chi connectivity index (χ0) is 19.1. The molecule has 0 aliphatic heterocycles. The molecule has 2 aliphatic rings. The van der Waals surface area contributed by atoms with E-state index in [-0.39, 0.29) is 5.41 Å². The summed E-state index contributed by atoms with van der Waals surface area (Å²) in [4.78, 5) is 0. The van der Waals surface area contributed by atoms with E-state index in [1.54, 1.807) is 0 Å². The molecular formula is C27H25N. The second-order valence-corrected chi connectivity index (χ2v) is 8.38. The van der Waals surface area contributed by atoms with Gasteiger partial charge < -0.3 is 5.32 Å². The third-order valence-corrected chi connectivity index (χ3v) is 6.37. The van der Waals surface area contributed by atoms with Crippen LogP contribution in [0.2, 0.25) is 0 Å². The Morgan fingerprint density at radius 2 is 1.54 bits per heavy atom. The molecular weight excluding hydrogens is 338 g/mol. The summed E-state index contributed by atoms with van der Waals surface area (Å²) in [5.41, 5.74) is 7.82. The van der Waals surface area contributed by atoms with Crippen LogP contribution in [-0.4, -0.2) is 0 Å². The predicted molar refractivity (Wildman–Crippen MR) is 119 cm³/mol. The van der Waals surface area contributed by atoms with E-state index >= 15 is 0 Å². The largest absolute Gasteiger partial charge is 0.355 e. The monoisotopic (exact) mass is 363 g/mol. The van der Waals surface area contributed by atoms with Gasteiger partial charge in [-0.2, -0.15) is 0 Å². The van der Waals surface area contributed by atoms with Crippen molar-refractivity contribution in [2.75, 3.05) is 5.32 Å². The Bertz CT molecular complexity index is 1070. The highest BCUT2D eigenvalue weighted by atomic mass is 14.9. The molecule has 0 saturated heterocycles. The molecule has 2 aliphatic carbocycles. The highest BCUT2D eigenvalue weighted by Crippen LogP contribution is 2.53. The zero-order valence-electron chi connectivity index (χ0n) is 16.4. The van der Waals surface area contributed by atoms with E-state index in [0.717, 1.165) is 11.4 Å². The van der Waals surface area contributed by atoms with Crippen molar-refractivity contribution in [1.29, 1.82) is 0 Å². The minimum atomic E-state index is 0.137. The normalized spacial score (nSPS) is 21.2. The third kappa shape index (κ3) is 2.70. The fourth-order valence-electron chi connectivity index (χ4n) is 4.87. The lowest BCUT2D eigenvalue weighted by atomic mass is 9.74. The summed E-state index contributed by atoms with van der Waals surface area (Å²) in [5, 5.41) is 3.68. The summed E-state index contributed by atoms with van der Waals surface area (Å²) in [6.45, 7) is 4.75. The average Bonchev–Trinajstić information content (AvgIpc) is 2.96. The van der Waals surface area contributed by atoms with Crippen molar-refractivity contribution in [3.05, 3.63) is 108 Å². The highest BCUT2D eigenvalue weighted by molar-refractivity contribution is 5.81. The quantitative estimate of drug-likeness (QED) is 0.518. The molecule has 0 saturated carbocycles. The Kier molecular flexibility index (Phi) is 3.98. The van der Waals surface area contributed by atoms with Gasteiger partial charge in [-0.3, -0.25) is 0 Å². The molecule has 0 radical (unpaired) electrons. The smallest absolute Gasteiger partial charge is 0.0463 e. The van der Waals surface area contributed by atoms with Gasteiger partial charge in [0.1, 0.15) is 0 Å². The average molecular weight is 364 g/mol. The van der Waals surface area contributed by atoms with Crippen molar-refractivity contribution < 1.29 is 0 Å². The first kappa shape index (κ1) is 17.1. The summed E-state index contributed by atoms with van der Waals surface area (Å²) in [5.74, 6) is 1.04. The van der Waals surface area contributed by atoms with Crippen LogP contribution < -0.4 is 5.32 Å². The molecule has 0 amide bonds. The van der Waals surface area contributed by atoms with Gasteiger partial charge in [0.25, 0.3) is 0 Å². The van der Waals surface area contributed by atoms with Gasteiger partial charge in [-0.25, -0.2) is 0 Å². The molecule has 2 unspecified atom stereocenters. The van der Waals surface area contributed by atoms with Crippen LogP contribution in [0.3, 0.4) is 0 Å². The Balaban J connectivity index is 1.53. The van der Waals surface area contributed by atoms with E-state index in [1.807, 2.05) is 0 Å². The summed E-state index contributed by atoms with van der Waals surface area (Å²) in [7, 11) is 0. The first-order chi connectivity index (χ1) is 13.6. The van der Waals surface area contributed by atoms with Gasteiger partial charge in [0.05, 0.1) is 0 Å². The van der Waals surface area contributed by atoms with Crippen LogP contribution >= 0.6 is 0 Å². The van der Waals surface area contributed by atoms with Crippen LogP contribution in [0, 0.1) is 5.92 Å². The molecule has 1 N–H and O–H groups in total. The van der Waals surface area contributed by atoms with Gasteiger partial charge in [0.2, 0.25) is 0 Å². The molecule has 3 aromatic rings. The number of hydrogen-bond donors (Lipinski definition) is 1. The summed E-state index contributed by atoms with van der Waals surface area (Å²) >= 11 is 0. The van der Waals surface area contributed by atoms with E-state index in [2.05, 4.69) is 116 Å². The SMILES string of the molecule is CC1(C)c2cc(Nc3ccccc3-c3ccccc3)ccc2C2C=CC=CC21.